The summed E-state index contributed by atoms with van der Waals surface area (Å²) in [5, 5.41) is 23.0. The summed E-state index contributed by atoms with van der Waals surface area (Å²) in [6, 6.07) is 8.00. The number of halogens is 1. The van der Waals surface area contributed by atoms with Crippen LogP contribution in [0, 0.1) is 56.7 Å². The van der Waals surface area contributed by atoms with Crippen molar-refractivity contribution in [2.24, 2.45) is 56.7 Å². The first-order valence-corrected chi connectivity index (χ1v) is 22.0. The fraction of sp³-hybridized carbons (Fsp3) is 0.766. The third-order valence-electron chi connectivity index (χ3n) is 16.7. The zero-order chi connectivity index (χ0) is 41.2. The van der Waals surface area contributed by atoms with Gasteiger partial charge >= 0.3 is 11.9 Å². The Hall–Kier alpha value is -2.26. The van der Waals surface area contributed by atoms with Crippen molar-refractivity contribution in [2.75, 3.05) is 33.7 Å². The van der Waals surface area contributed by atoms with Crippen LogP contribution in [0.15, 0.2) is 35.4 Å². The van der Waals surface area contributed by atoms with Crippen molar-refractivity contribution in [2.45, 2.75) is 138 Å². The van der Waals surface area contributed by atoms with Gasteiger partial charge in [-0.1, -0.05) is 70.8 Å². The number of carboxylic acids is 1. The molecule has 0 heterocycles. The minimum atomic E-state index is -1.16. The van der Waals surface area contributed by atoms with E-state index >= 15 is 0 Å². The van der Waals surface area contributed by atoms with Gasteiger partial charge in [0.1, 0.15) is 6.10 Å². The van der Waals surface area contributed by atoms with Crippen LogP contribution in [0.5, 0.6) is 0 Å². The highest BCUT2D eigenvalue weighted by molar-refractivity contribution is 6.30. The van der Waals surface area contributed by atoms with Crippen LogP contribution in [0.2, 0.25) is 5.02 Å². The second-order valence-electron chi connectivity index (χ2n) is 20.9. The van der Waals surface area contributed by atoms with E-state index in [-0.39, 0.29) is 52.3 Å². The number of hydrogen-bond donors (Lipinski definition) is 2. The predicted octanol–water partition coefficient (Wildman–Crippen LogP) is 9.07. The van der Waals surface area contributed by atoms with Crippen molar-refractivity contribution in [3.63, 3.8) is 0 Å². The number of carbonyl (C=O) groups excluding carboxylic acids is 2. The number of hydrogen-bond acceptors (Lipinski definition) is 7. The number of rotatable bonds is 13. The van der Waals surface area contributed by atoms with E-state index in [1.165, 1.54) is 5.57 Å². The highest BCUT2D eigenvalue weighted by Gasteiger charge is 2.69. The molecule has 0 saturated heterocycles. The zero-order valence-electron chi connectivity index (χ0n) is 36.1. The molecule has 0 aliphatic heterocycles. The summed E-state index contributed by atoms with van der Waals surface area (Å²) in [6.07, 6.45) is 7.28. The van der Waals surface area contributed by atoms with Gasteiger partial charge in [0.15, 0.2) is 5.78 Å². The molecule has 5 aliphatic carbocycles. The van der Waals surface area contributed by atoms with Gasteiger partial charge in [-0.25, -0.2) is 0 Å². The summed E-state index contributed by atoms with van der Waals surface area (Å²) in [6.45, 7) is 20.2. The van der Waals surface area contributed by atoms with E-state index < -0.39 is 28.9 Å². The van der Waals surface area contributed by atoms with Crippen molar-refractivity contribution in [1.29, 1.82) is 0 Å². The molecule has 0 spiro atoms. The van der Waals surface area contributed by atoms with Gasteiger partial charge < -0.3 is 19.8 Å². The van der Waals surface area contributed by atoms with Crippen molar-refractivity contribution < 1.29 is 29.3 Å². The number of ether oxygens (including phenoxy) is 1. The molecule has 4 fully saturated rings. The maximum Gasteiger partial charge on any atom is 0.309 e. The Morgan fingerprint density at radius 2 is 1.71 bits per heavy atom. The molecule has 0 bridgehead atoms. The number of carboxylic acid groups (broad SMARTS) is 1. The molecule has 312 valence electrons. The summed E-state index contributed by atoms with van der Waals surface area (Å²) < 4.78 is 6.09. The molecule has 0 radical (unpaired) electrons. The number of aliphatic carboxylic acids is 1. The van der Waals surface area contributed by atoms with Gasteiger partial charge in [0, 0.05) is 43.0 Å². The minimum Gasteiger partial charge on any atom is -0.481 e. The normalized spacial score (nSPS) is 36.3. The summed E-state index contributed by atoms with van der Waals surface area (Å²) in [5.41, 5.74) is 1.83. The number of ketones is 1. The maximum atomic E-state index is 14.3. The number of esters is 1. The van der Waals surface area contributed by atoms with Crippen LogP contribution in [0.3, 0.4) is 0 Å². The molecule has 56 heavy (non-hydrogen) atoms. The lowest BCUT2D eigenvalue weighted by Gasteiger charge is -2.71. The molecular weight excluding hydrogens is 724 g/mol. The summed E-state index contributed by atoms with van der Waals surface area (Å²) in [4.78, 5) is 43.6. The molecule has 6 rings (SSSR count). The molecule has 5 aliphatic rings. The van der Waals surface area contributed by atoms with E-state index in [0.29, 0.717) is 36.4 Å². The number of carbonyl (C=O) groups is 3. The van der Waals surface area contributed by atoms with E-state index in [2.05, 4.69) is 71.5 Å². The average molecular weight is 796 g/mol. The number of benzene rings is 1. The van der Waals surface area contributed by atoms with Gasteiger partial charge in [0.25, 0.3) is 0 Å². The van der Waals surface area contributed by atoms with Gasteiger partial charge in [-0.3, -0.25) is 19.3 Å². The number of fused-ring (bicyclic) bond motifs is 7. The van der Waals surface area contributed by atoms with Gasteiger partial charge in [-0.05, 0) is 148 Å². The average Bonchev–Trinajstić information content (AvgIpc) is 3.42. The van der Waals surface area contributed by atoms with E-state index in [4.69, 9.17) is 16.3 Å². The molecule has 9 heteroatoms. The first-order chi connectivity index (χ1) is 26.1. The third kappa shape index (κ3) is 7.45. The van der Waals surface area contributed by atoms with E-state index in [0.717, 1.165) is 75.6 Å². The SMILES string of the molecule is CC(C)C1=C2[C@H]3CC[C@@H]4[C@@]5(C)CC[C@H](OC(=O)CC(C)(C)C(=O)O)[C@H](C)[C@@H]5CC[C@@]4(C)[C@]3(C)CC[C@@]2([C@H](O)CN(CCN(C)C)Cc2cccc(Cl)c2)CC1=O. The Morgan fingerprint density at radius 3 is 2.36 bits per heavy atom. The van der Waals surface area contributed by atoms with Crippen molar-refractivity contribution in [3.8, 4) is 0 Å². The van der Waals surface area contributed by atoms with Crippen molar-refractivity contribution >= 4 is 29.3 Å². The second kappa shape index (κ2) is 15.7. The molecule has 10 atom stereocenters. The minimum absolute atomic E-state index is 0.0203. The fourth-order valence-electron chi connectivity index (χ4n) is 13.4. The molecule has 0 aromatic heterocycles. The number of aliphatic hydroxyl groups excluding tert-OH is 1. The first kappa shape index (κ1) is 43.3. The highest BCUT2D eigenvalue weighted by Crippen LogP contribution is 2.76. The van der Waals surface area contributed by atoms with Crippen LogP contribution in [-0.4, -0.2) is 83.7 Å². The van der Waals surface area contributed by atoms with Crippen LogP contribution in [-0.2, 0) is 25.7 Å². The standard InChI is InChI=1S/C47H71ClN2O6/c1-29(2)40-35(51)25-47(38(52)28-50(23-22-49(9)10)27-31-12-11-13-32(48)24-31)21-20-45(7)34(41(40)47)14-15-37-44(6)18-17-36(30(3)33(44)16-19-46(37,45)8)56-39(53)26-43(4,5)42(54)55/h11-13,24,29-30,33-34,36-38,52H,14-23,25-28H2,1-10H3,(H,54,55)/t30-,33+,34-,36+,37-,38-,44+,45-,46-,47+/m1/s1. The molecule has 4 saturated carbocycles. The number of nitrogens with zero attached hydrogens (tertiary/aromatic N) is 2. The Kier molecular flexibility index (Phi) is 12.2. The Morgan fingerprint density at radius 1 is 1.00 bits per heavy atom. The zero-order valence-corrected chi connectivity index (χ0v) is 36.8. The van der Waals surface area contributed by atoms with E-state index in [1.807, 2.05) is 18.2 Å². The van der Waals surface area contributed by atoms with Crippen molar-refractivity contribution in [1.82, 2.24) is 9.80 Å². The number of allylic oxidation sites excluding steroid dienone is 1. The van der Waals surface area contributed by atoms with Crippen molar-refractivity contribution in [3.05, 3.63) is 46.0 Å². The Balaban J connectivity index is 1.27. The van der Waals surface area contributed by atoms with E-state index in [9.17, 15) is 24.6 Å². The summed E-state index contributed by atoms with van der Waals surface area (Å²) in [7, 11) is 4.16. The first-order valence-electron chi connectivity index (χ1n) is 21.6. The monoisotopic (exact) mass is 795 g/mol. The lowest BCUT2D eigenvalue weighted by Crippen LogP contribution is -2.65. The van der Waals surface area contributed by atoms with Gasteiger partial charge in [0.2, 0.25) is 0 Å². The van der Waals surface area contributed by atoms with Gasteiger partial charge in [0.05, 0.1) is 17.9 Å². The molecular formula is C47H71ClN2O6. The molecule has 1 aromatic rings. The van der Waals surface area contributed by atoms with E-state index in [1.54, 1.807) is 13.8 Å². The molecule has 0 unspecified atom stereocenters. The predicted molar refractivity (Wildman–Crippen MR) is 222 cm³/mol. The molecule has 0 amide bonds. The number of Topliss-reactive ketones (excluding diaryl/α,β-unsaturated/α-hetero) is 1. The molecule has 1 aromatic carbocycles. The Bertz CT molecular complexity index is 1710. The summed E-state index contributed by atoms with van der Waals surface area (Å²) in [5.74, 6) is 0.287. The topological polar surface area (TPSA) is 107 Å². The largest absolute Gasteiger partial charge is 0.481 e. The molecule has 8 nitrogen and oxygen atoms in total. The lowest BCUT2D eigenvalue weighted by atomic mass is 9.34. The van der Waals surface area contributed by atoms with Gasteiger partial charge in [-0.15, -0.1) is 0 Å². The third-order valence-corrected chi connectivity index (χ3v) is 16.9. The second-order valence-corrected chi connectivity index (χ2v) is 21.3. The maximum absolute atomic E-state index is 14.3. The number of aliphatic hydroxyl groups is 1. The summed E-state index contributed by atoms with van der Waals surface area (Å²) >= 11 is 6.41. The highest BCUT2D eigenvalue weighted by atomic mass is 35.5. The molecule has 2 N–H and O–H groups in total. The van der Waals surface area contributed by atoms with Gasteiger partial charge in [-0.2, -0.15) is 0 Å². The van der Waals surface area contributed by atoms with Crippen LogP contribution in [0.4, 0.5) is 0 Å². The smallest absolute Gasteiger partial charge is 0.309 e. The van der Waals surface area contributed by atoms with Crippen LogP contribution in [0.1, 0.15) is 125 Å². The van der Waals surface area contributed by atoms with Crippen LogP contribution < -0.4 is 0 Å². The van der Waals surface area contributed by atoms with Crippen LogP contribution in [0.25, 0.3) is 0 Å². The Labute approximate surface area is 342 Å². The fourth-order valence-corrected chi connectivity index (χ4v) is 13.6. The number of likely N-dealkylation sites (N-methyl/N-ethyl adjacent to an activating group) is 1. The lowest BCUT2D eigenvalue weighted by molar-refractivity contribution is -0.218. The van der Waals surface area contributed by atoms with Crippen LogP contribution >= 0.6 is 11.6 Å². The quantitative estimate of drug-likeness (QED) is 0.191.